The molecule has 0 aliphatic carbocycles. The van der Waals surface area contributed by atoms with Gasteiger partial charge in [-0.15, -0.1) is 0 Å². The summed E-state index contributed by atoms with van der Waals surface area (Å²) in [5.41, 5.74) is -0.396. The van der Waals surface area contributed by atoms with Crippen LogP contribution in [0.3, 0.4) is 0 Å². The van der Waals surface area contributed by atoms with Gasteiger partial charge in [0.25, 0.3) is 11.8 Å². The topological polar surface area (TPSA) is 37.4 Å². The third-order valence-electron chi connectivity index (χ3n) is 3.20. The van der Waals surface area contributed by atoms with E-state index in [1.165, 1.54) is 17.1 Å². The van der Waals surface area contributed by atoms with Crippen LogP contribution in [0.1, 0.15) is 34.1 Å². The lowest BCUT2D eigenvalue weighted by Gasteiger charge is -2.38. The van der Waals surface area contributed by atoms with Crippen molar-refractivity contribution in [2.24, 2.45) is 5.92 Å². The molecule has 1 atom stereocenters. The predicted octanol–water partition coefficient (Wildman–Crippen LogP) is 1.74. The molecule has 0 aromatic carbocycles. The molecular weight excluding hydrogens is 178 g/mol. The molecule has 1 heterocycles. The zero-order valence-corrected chi connectivity index (χ0v) is 9.20. The summed E-state index contributed by atoms with van der Waals surface area (Å²) in [6.07, 6.45) is 3.63. The first-order valence-corrected chi connectivity index (χ1v) is 4.97. The van der Waals surface area contributed by atoms with Crippen LogP contribution >= 0.6 is 0 Å². The molecule has 3 heteroatoms. The minimum Gasteiger partial charge on any atom is -0.269 e. The van der Waals surface area contributed by atoms with E-state index in [-0.39, 0.29) is 11.8 Å². The fraction of sp³-hybridized carbons (Fsp3) is 0.636. The molecule has 78 valence electrons. The zero-order valence-electron chi connectivity index (χ0n) is 9.20. The molecule has 0 fully saturated rings. The van der Waals surface area contributed by atoms with E-state index in [0.717, 1.165) is 6.42 Å². The molecule has 0 aromatic heterocycles. The van der Waals surface area contributed by atoms with Gasteiger partial charge in [-0.25, -0.2) is 0 Å². The molecule has 1 aliphatic rings. The average Bonchev–Trinajstić information content (AvgIpc) is 2.44. The van der Waals surface area contributed by atoms with Gasteiger partial charge in [-0.1, -0.05) is 20.3 Å². The first kappa shape index (κ1) is 11.0. The Balaban J connectivity index is 2.93. The van der Waals surface area contributed by atoms with Crippen molar-refractivity contribution in [3.8, 4) is 0 Å². The second-order valence-electron chi connectivity index (χ2n) is 4.31. The Morgan fingerprint density at radius 3 is 2.07 bits per heavy atom. The van der Waals surface area contributed by atoms with Crippen LogP contribution in [0.5, 0.6) is 0 Å². The van der Waals surface area contributed by atoms with Crippen LogP contribution in [-0.4, -0.2) is 22.3 Å². The van der Waals surface area contributed by atoms with Crippen LogP contribution in [0.15, 0.2) is 12.2 Å². The fourth-order valence-corrected chi connectivity index (χ4v) is 1.69. The quantitative estimate of drug-likeness (QED) is 0.643. The van der Waals surface area contributed by atoms with Gasteiger partial charge in [0.15, 0.2) is 0 Å². The van der Waals surface area contributed by atoms with Crippen LogP contribution < -0.4 is 0 Å². The Labute approximate surface area is 84.8 Å². The van der Waals surface area contributed by atoms with Gasteiger partial charge in [-0.3, -0.25) is 14.5 Å². The Kier molecular flexibility index (Phi) is 2.79. The highest BCUT2D eigenvalue weighted by molar-refractivity contribution is 6.13. The van der Waals surface area contributed by atoms with Gasteiger partial charge in [0.2, 0.25) is 0 Å². The van der Waals surface area contributed by atoms with Gasteiger partial charge < -0.3 is 0 Å². The highest BCUT2D eigenvalue weighted by Gasteiger charge is 2.39. The van der Waals surface area contributed by atoms with E-state index in [1.807, 2.05) is 13.8 Å². The van der Waals surface area contributed by atoms with E-state index in [0.29, 0.717) is 5.92 Å². The molecule has 1 aliphatic heterocycles. The largest absolute Gasteiger partial charge is 0.269 e. The molecule has 0 saturated carbocycles. The van der Waals surface area contributed by atoms with E-state index in [1.54, 1.807) is 0 Å². The highest BCUT2D eigenvalue weighted by Crippen LogP contribution is 2.29. The number of nitrogens with zero attached hydrogens (tertiary/aromatic N) is 1. The lowest BCUT2D eigenvalue weighted by atomic mass is 9.85. The fourth-order valence-electron chi connectivity index (χ4n) is 1.69. The second-order valence-corrected chi connectivity index (χ2v) is 4.31. The molecule has 14 heavy (non-hydrogen) atoms. The molecule has 0 bridgehead atoms. The van der Waals surface area contributed by atoms with Gasteiger partial charge in [0.05, 0.1) is 0 Å². The lowest BCUT2D eigenvalue weighted by Crippen LogP contribution is -2.51. The summed E-state index contributed by atoms with van der Waals surface area (Å²) < 4.78 is 0. The van der Waals surface area contributed by atoms with E-state index >= 15 is 0 Å². The number of carbonyl (C=O) groups is 2. The van der Waals surface area contributed by atoms with Crippen molar-refractivity contribution in [1.82, 2.24) is 4.90 Å². The van der Waals surface area contributed by atoms with E-state index in [4.69, 9.17) is 0 Å². The number of amides is 2. The number of hydrogen-bond donors (Lipinski definition) is 0. The van der Waals surface area contributed by atoms with E-state index in [9.17, 15) is 9.59 Å². The smallest absolute Gasteiger partial charge is 0.254 e. The van der Waals surface area contributed by atoms with Crippen LogP contribution in [0.25, 0.3) is 0 Å². The third-order valence-corrected chi connectivity index (χ3v) is 3.20. The van der Waals surface area contributed by atoms with Crippen molar-refractivity contribution >= 4 is 11.8 Å². The highest BCUT2D eigenvalue weighted by atomic mass is 16.2. The molecule has 3 nitrogen and oxygen atoms in total. The van der Waals surface area contributed by atoms with Crippen molar-refractivity contribution in [2.45, 2.75) is 39.7 Å². The van der Waals surface area contributed by atoms with Crippen molar-refractivity contribution in [3.63, 3.8) is 0 Å². The summed E-state index contributed by atoms with van der Waals surface area (Å²) in [5, 5.41) is 0. The Hall–Kier alpha value is -1.12. The third kappa shape index (κ3) is 1.59. The molecule has 0 spiro atoms. The summed E-state index contributed by atoms with van der Waals surface area (Å²) in [4.78, 5) is 24.3. The number of imide groups is 1. The van der Waals surface area contributed by atoms with Gasteiger partial charge in [-0.2, -0.15) is 0 Å². The first-order chi connectivity index (χ1) is 6.41. The van der Waals surface area contributed by atoms with Crippen molar-refractivity contribution in [3.05, 3.63) is 12.2 Å². The van der Waals surface area contributed by atoms with Crippen molar-refractivity contribution in [1.29, 1.82) is 0 Å². The van der Waals surface area contributed by atoms with Gasteiger partial charge >= 0.3 is 0 Å². The predicted molar refractivity (Wildman–Crippen MR) is 54.5 cm³/mol. The van der Waals surface area contributed by atoms with Gasteiger partial charge in [0.1, 0.15) is 0 Å². The normalized spacial score (nSPS) is 19.3. The monoisotopic (exact) mass is 195 g/mol. The maximum absolute atomic E-state index is 11.5. The molecule has 0 N–H and O–H groups in total. The van der Waals surface area contributed by atoms with E-state index < -0.39 is 5.54 Å². The molecule has 1 unspecified atom stereocenters. The minimum absolute atomic E-state index is 0.194. The molecular formula is C11H17NO2. The zero-order chi connectivity index (χ0) is 10.9. The molecule has 0 radical (unpaired) electrons. The standard InChI is InChI=1S/C11H17NO2/c1-5-8(2)11(3,4)12-9(13)6-7-10(12)14/h6-8H,5H2,1-4H3. The van der Waals surface area contributed by atoms with Gasteiger partial charge in [0, 0.05) is 17.7 Å². The number of carbonyl (C=O) groups excluding carboxylic acids is 2. The minimum atomic E-state index is -0.396. The SMILES string of the molecule is CCC(C)C(C)(C)N1C(=O)C=CC1=O. The molecule has 0 aromatic rings. The Morgan fingerprint density at radius 2 is 1.71 bits per heavy atom. The summed E-state index contributed by atoms with van der Waals surface area (Å²) in [5.74, 6) is -0.0871. The molecule has 0 saturated heterocycles. The number of hydrogen-bond acceptors (Lipinski definition) is 2. The summed E-state index contributed by atoms with van der Waals surface area (Å²) in [6.45, 7) is 7.98. The first-order valence-electron chi connectivity index (χ1n) is 4.97. The van der Waals surface area contributed by atoms with Crippen LogP contribution in [0.4, 0.5) is 0 Å². The van der Waals surface area contributed by atoms with E-state index in [2.05, 4.69) is 13.8 Å². The lowest BCUT2D eigenvalue weighted by molar-refractivity contribution is -0.144. The molecule has 2 amide bonds. The van der Waals surface area contributed by atoms with Crippen molar-refractivity contribution in [2.75, 3.05) is 0 Å². The maximum atomic E-state index is 11.5. The molecule has 1 rings (SSSR count). The van der Waals surface area contributed by atoms with Crippen LogP contribution in [0, 0.1) is 5.92 Å². The van der Waals surface area contributed by atoms with Crippen LogP contribution in [-0.2, 0) is 9.59 Å². The van der Waals surface area contributed by atoms with Crippen molar-refractivity contribution < 1.29 is 9.59 Å². The Bertz CT molecular complexity index is 274. The Morgan fingerprint density at radius 1 is 1.29 bits per heavy atom. The van der Waals surface area contributed by atoms with Gasteiger partial charge in [-0.05, 0) is 19.8 Å². The summed E-state index contributed by atoms with van der Waals surface area (Å²) in [7, 11) is 0. The summed E-state index contributed by atoms with van der Waals surface area (Å²) in [6, 6.07) is 0. The average molecular weight is 195 g/mol. The van der Waals surface area contributed by atoms with Crippen LogP contribution in [0.2, 0.25) is 0 Å². The summed E-state index contributed by atoms with van der Waals surface area (Å²) >= 11 is 0. The second kappa shape index (κ2) is 3.56. The number of rotatable bonds is 3. The maximum Gasteiger partial charge on any atom is 0.254 e.